The van der Waals surface area contributed by atoms with E-state index in [0.717, 1.165) is 5.56 Å². The van der Waals surface area contributed by atoms with E-state index in [1.807, 2.05) is 19.1 Å². The monoisotopic (exact) mass is 221 g/mol. The first-order valence-electron chi connectivity index (χ1n) is 5.19. The quantitative estimate of drug-likeness (QED) is 0.546. The highest BCUT2D eigenvalue weighted by atomic mass is 16.4. The molecule has 0 aromatic heterocycles. The number of nitrogens with two attached hydrogens (primary N) is 1. The van der Waals surface area contributed by atoms with Crippen LogP contribution in [0.2, 0.25) is 0 Å². The average Bonchev–Trinajstić information content (AvgIpc) is 2.60. The Hall–Kier alpha value is -1.59. The van der Waals surface area contributed by atoms with Gasteiger partial charge in [-0.3, -0.25) is 10.2 Å². The number of carbonyl (C=O) groups is 1. The van der Waals surface area contributed by atoms with Gasteiger partial charge in [0.15, 0.2) is 0 Å². The van der Waals surface area contributed by atoms with E-state index in [1.54, 1.807) is 12.1 Å². The highest BCUT2D eigenvalue weighted by Gasteiger charge is 2.39. The molecule has 3 unspecified atom stereocenters. The zero-order valence-corrected chi connectivity index (χ0v) is 8.97. The Kier molecular flexibility index (Phi) is 2.80. The largest absolute Gasteiger partial charge is 0.481 e. The maximum Gasteiger partial charge on any atom is 0.310 e. The number of aliphatic carboxylic acids is 1. The lowest BCUT2D eigenvalue weighted by Crippen LogP contribution is -2.30. The van der Waals surface area contributed by atoms with Gasteiger partial charge in [-0.1, -0.05) is 12.1 Å². The molecule has 0 spiro atoms. The van der Waals surface area contributed by atoms with E-state index in [4.69, 9.17) is 5.73 Å². The Morgan fingerprint density at radius 1 is 1.44 bits per heavy atom. The van der Waals surface area contributed by atoms with Crippen LogP contribution in [0.25, 0.3) is 0 Å². The van der Waals surface area contributed by atoms with Crippen LogP contribution in [0, 0.1) is 5.92 Å². The number of rotatable bonds is 2. The highest BCUT2D eigenvalue weighted by Crippen LogP contribution is 2.29. The molecule has 0 amide bonds. The smallest absolute Gasteiger partial charge is 0.310 e. The molecule has 5 N–H and O–H groups in total. The normalized spacial score (nSPS) is 29.2. The molecule has 0 aliphatic carbocycles. The average molecular weight is 221 g/mol. The predicted molar refractivity (Wildman–Crippen MR) is 60.5 cm³/mol. The van der Waals surface area contributed by atoms with Crippen molar-refractivity contribution in [2.75, 3.05) is 5.73 Å². The van der Waals surface area contributed by atoms with Gasteiger partial charge in [0.2, 0.25) is 0 Å². The van der Waals surface area contributed by atoms with Crippen LogP contribution >= 0.6 is 0 Å². The predicted octanol–water partition coefficient (Wildman–Crippen LogP) is 0.507. The van der Waals surface area contributed by atoms with E-state index in [0.29, 0.717) is 5.69 Å². The number of hydrazine groups is 1. The molecule has 0 saturated carbocycles. The minimum absolute atomic E-state index is 0.107. The van der Waals surface area contributed by atoms with Crippen molar-refractivity contribution >= 4 is 11.7 Å². The summed E-state index contributed by atoms with van der Waals surface area (Å²) in [5, 5.41) is 9.17. The van der Waals surface area contributed by atoms with Gasteiger partial charge in [0.05, 0.1) is 12.0 Å². The van der Waals surface area contributed by atoms with E-state index in [1.165, 1.54) is 0 Å². The van der Waals surface area contributed by atoms with Gasteiger partial charge in [-0.05, 0) is 24.6 Å². The molecular weight excluding hydrogens is 206 g/mol. The maximum absolute atomic E-state index is 11.2. The van der Waals surface area contributed by atoms with Crippen molar-refractivity contribution < 1.29 is 9.90 Å². The summed E-state index contributed by atoms with van der Waals surface area (Å²) >= 11 is 0. The minimum atomic E-state index is -0.808. The summed E-state index contributed by atoms with van der Waals surface area (Å²) in [6.07, 6.45) is 0. The summed E-state index contributed by atoms with van der Waals surface area (Å²) in [7, 11) is 0. The number of carboxylic acid groups (broad SMARTS) is 1. The van der Waals surface area contributed by atoms with Crippen LogP contribution < -0.4 is 16.6 Å². The van der Waals surface area contributed by atoms with Crippen LogP contribution in [0.3, 0.4) is 0 Å². The maximum atomic E-state index is 11.2. The third kappa shape index (κ3) is 1.87. The molecule has 16 heavy (non-hydrogen) atoms. The summed E-state index contributed by atoms with van der Waals surface area (Å²) < 4.78 is 0. The van der Waals surface area contributed by atoms with Gasteiger partial charge in [0.1, 0.15) is 0 Å². The van der Waals surface area contributed by atoms with Gasteiger partial charge < -0.3 is 10.8 Å². The Bertz CT molecular complexity index is 408. The fraction of sp³-hybridized carbons (Fsp3) is 0.364. The van der Waals surface area contributed by atoms with Gasteiger partial charge >= 0.3 is 5.97 Å². The first-order valence-corrected chi connectivity index (χ1v) is 5.19. The van der Waals surface area contributed by atoms with Gasteiger partial charge in [-0.2, -0.15) is 0 Å². The number of nitrogens with one attached hydrogen (secondary N) is 2. The van der Waals surface area contributed by atoms with Crippen molar-refractivity contribution in [1.29, 1.82) is 0 Å². The molecule has 1 aromatic rings. The van der Waals surface area contributed by atoms with E-state index >= 15 is 0 Å². The standard InChI is InChI=1S/C11H15N3O2/c1-6-9(11(15)16)10(14-13-6)7-3-2-4-8(12)5-7/h2-6,9-10,13-14H,12H2,1H3,(H,15,16). The van der Waals surface area contributed by atoms with Crippen LogP contribution in [0.1, 0.15) is 18.5 Å². The molecule has 5 nitrogen and oxygen atoms in total. The first kappa shape index (κ1) is 10.9. The summed E-state index contributed by atoms with van der Waals surface area (Å²) in [6, 6.07) is 6.94. The second-order valence-electron chi connectivity index (χ2n) is 4.09. The van der Waals surface area contributed by atoms with Gasteiger partial charge in [-0.25, -0.2) is 5.43 Å². The lowest BCUT2D eigenvalue weighted by molar-refractivity contribution is -0.142. The number of hydrogen-bond acceptors (Lipinski definition) is 4. The molecule has 1 fully saturated rings. The van der Waals surface area contributed by atoms with Crippen LogP contribution in [0.5, 0.6) is 0 Å². The van der Waals surface area contributed by atoms with Crippen molar-refractivity contribution in [3.8, 4) is 0 Å². The van der Waals surface area contributed by atoms with Crippen molar-refractivity contribution in [2.45, 2.75) is 19.0 Å². The van der Waals surface area contributed by atoms with E-state index in [2.05, 4.69) is 10.9 Å². The highest BCUT2D eigenvalue weighted by molar-refractivity contribution is 5.72. The lowest BCUT2D eigenvalue weighted by Gasteiger charge is -2.17. The summed E-state index contributed by atoms with van der Waals surface area (Å²) in [4.78, 5) is 11.2. The second kappa shape index (κ2) is 4.11. The molecule has 86 valence electrons. The van der Waals surface area contributed by atoms with Crippen LogP contribution in [-0.2, 0) is 4.79 Å². The molecule has 1 aliphatic rings. The molecular formula is C11H15N3O2. The molecule has 5 heteroatoms. The zero-order valence-electron chi connectivity index (χ0n) is 8.97. The number of hydrogen-bond donors (Lipinski definition) is 4. The fourth-order valence-corrected chi connectivity index (χ4v) is 2.09. The topological polar surface area (TPSA) is 87.4 Å². The van der Waals surface area contributed by atoms with Crippen molar-refractivity contribution in [3.05, 3.63) is 29.8 Å². The van der Waals surface area contributed by atoms with Crippen LogP contribution in [0.4, 0.5) is 5.69 Å². The van der Waals surface area contributed by atoms with Crippen LogP contribution in [-0.4, -0.2) is 17.1 Å². The Balaban J connectivity index is 2.30. The fourth-order valence-electron chi connectivity index (χ4n) is 2.09. The third-order valence-electron chi connectivity index (χ3n) is 2.92. The molecule has 0 bridgehead atoms. The molecule has 1 aromatic carbocycles. The summed E-state index contributed by atoms with van der Waals surface area (Å²) in [6.45, 7) is 1.85. The molecule has 1 aliphatic heterocycles. The van der Waals surface area contributed by atoms with E-state index < -0.39 is 11.9 Å². The Morgan fingerprint density at radius 3 is 2.81 bits per heavy atom. The number of benzene rings is 1. The van der Waals surface area contributed by atoms with Crippen molar-refractivity contribution in [1.82, 2.24) is 10.9 Å². The summed E-state index contributed by atoms with van der Waals surface area (Å²) in [5.41, 5.74) is 13.2. The number of anilines is 1. The van der Waals surface area contributed by atoms with E-state index in [-0.39, 0.29) is 12.1 Å². The molecule has 0 radical (unpaired) electrons. The van der Waals surface area contributed by atoms with Crippen LogP contribution in [0.15, 0.2) is 24.3 Å². The van der Waals surface area contributed by atoms with Gasteiger partial charge in [0, 0.05) is 11.7 Å². The Morgan fingerprint density at radius 2 is 2.19 bits per heavy atom. The molecule has 3 atom stereocenters. The molecule has 2 rings (SSSR count). The molecule has 1 heterocycles. The second-order valence-corrected chi connectivity index (χ2v) is 4.09. The lowest BCUT2D eigenvalue weighted by atomic mass is 9.90. The van der Waals surface area contributed by atoms with E-state index in [9.17, 15) is 9.90 Å². The first-order chi connectivity index (χ1) is 7.59. The third-order valence-corrected chi connectivity index (χ3v) is 2.92. The minimum Gasteiger partial charge on any atom is -0.481 e. The summed E-state index contributed by atoms with van der Waals surface area (Å²) in [5.74, 6) is -1.29. The zero-order chi connectivity index (χ0) is 11.7. The van der Waals surface area contributed by atoms with Gasteiger partial charge in [-0.15, -0.1) is 0 Å². The van der Waals surface area contributed by atoms with Crippen molar-refractivity contribution in [3.63, 3.8) is 0 Å². The van der Waals surface area contributed by atoms with Gasteiger partial charge in [0.25, 0.3) is 0 Å². The van der Waals surface area contributed by atoms with Crippen molar-refractivity contribution in [2.24, 2.45) is 5.92 Å². The number of carboxylic acids is 1. The Labute approximate surface area is 93.6 Å². The number of nitrogen functional groups attached to an aromatic ring is 1. The SMILES string of the molecule is CC1NNC(c2cccc(N)c2)C1C(=O)O. The molecule has 1 saturated heterocycles.